The van der Waals surface area contributed by atoms with E-state index < -0.39 is 0 Å². The lowest BCUT2D eigenvalue weighted by molar-refractivity contribution is 0.118. The molecule has 1 fully saturated rings. The van der Waals surface area contributed by atoms with Crippen LogP contribution in [0.25, 0.3) is 22.4 Å². The normalized spacial score (nSPS) is 18.5. The molecule has 1 aliphatic heterocycles. The molecule has 0 amide bonds. The van der Waals surface area contributed by atoms with Gasteiger partial charge in [-0.15, -0.1) is 0 Å². The minimum Gasteiger partial charge on any atom is -0.380 e. The first-order valence-corrected chi connectivity index (χ1v) is 10.8. The van der Waals surface area contributed by atoms with Crippen LogP contribution in [0, 0.1) is 0 Å². The SMILES string of the molecule is COC1CC(c2nn3ccc(Cl)c3c(=O)n2-c2ccccc2)N(c2ncnc3[nH]cnc23)C1. The summed E-state index contributed by atoms with van der Waals surface area (Å²) in [5.41, 5.74) is 2.08. The van der Waals surface area contributed by atoms with Crippen LogP contribution in [0.3, 0.4) is 0 Å². The van der Waals surface area contributed by atoms with Crippen LogP contribution in [-0.4, -0.2) is 53.9 Å². The van der Waals surface area contributed by atoms with Crippen molar-refractivity contribution in [3.05, 3.63) is 76.5 Å². The maximum Gasteiger partial charge on any atom is 0.284 e. The number of halogens is 1. The molecule has 0 spiro atoms. The fraction of sp³-hybridized carbons (Fsp3) is 0.227. The summed E-state index contributed by atoms with van der Waals surface area (Å²) in [7, 11) is 1.68. The molecule has 33 heavy (non-hydrogen) atoms. The number of anilines is 1. The van der Waals surface area contributed by atoms with Crippen molar-refractivity contribution >= 4 is 34.1 Å². The Morgan fingerprint density at radius 1 is 1.15 bits per heavy atom. The first kappa shape index (κ1) is 19.9. The third kappa shape index (κ3) is 3.10. The molecule has 166 valence electrons. The molecule has 1 saturated heterocycles. The van der Waals surface area contributed by atoms with Crippen LogP contribution in [0.15, 0.2) is 60.0 Å². The van der Waals surface area contributed by atoms with Gasteiger partial charge in [-0.25, -0.2) is 19.5 Å². The van der Waals surface area contributed by atoms with E-state index in [-0.39, 0.29) is 17.7 Å². The minimum atomic E-state index is -0.303. The lowest BCUT2D eigenvalue weighted by Crippen LogP contribution is -2.33. The number of benzene rings is 1. The van der Waals surface area contributed by atoms with Crippen LogP contribution in [0.4, 0.5) is 5.82 Å². The molecule has 6 rings (SSSR count). The number of nitrogens with one attached hydrogen (secondary N) is 1. The number of aromatic amines is 1. The van der Waals surface area contributed by atoms with E-state index in [4.69, 9.17) is 21.4 Å². The number of aromatic nitrogens is 7. The number of methoxy groups -OCH3 is 1. The van der Waals surface area contributed by atoms with E-state index in [1.165, 1.54) is 6.33 Å². The van der Waals surface area contributed by atoms with Gasteiger partial charge < -0.3 is 14.6 Å². The first-order chi connectivity index (χ1) is 16.2. The van der Waals surface area contributed by atoms with Crippen molar-refractivity contribution in [3.63, 3.8) is 0 Å². The van der Waals surface area contributed by atoms with Gasteiger partial charge in [0.25, 0.3) is 5.56 Å². The Morgan fingerprint density at radius 2 is 2.00 bits per heavy atom. The molecule has 0 radical (unpaired) electrons. The number of hydrogen-bond donors (Lipinski definition) is 1. The number of ether oxygens (including phenoxy) is 1. The van der Waals surface area contributed by atoms with Crippen molar-refractivity contribution in [1.82, 2.24) is 34.1 Å². The van der Waals surface area contributed by atoms with E-state index in [0.717, 1.165) is 0 Å². The zero-order chi connectivity index (χ0) is 22.5. The maximum atomic E-state index is 13.7. The van der Waals surface area contributed by atoms with Crippen molar-refractivity contribution in [2.45, 2.75) is 18.6 Å². The smallest absolute Gasteiger partial charge is 0.284 e. The number of imidazole rings is 1. The minimum absolute atomic E-state index is 0.0796. The number of H-pyrrole nitrogens is 1. The summed E-state index contributed by atoms with van der Waals surface area (Å²) in [6.45, 7) is 0.565. The molecular formula is C22H19ClN8O2. The van der Waals surface area contributed by atoms with Crippen LogP contribution in [0.1, 0.15) is 18.3 Å². The molecule has 5 aromatic rings. The van der Waals surface area contributed by atoms with Gasteiger partial charge in [-0.3, -0.25) is 9.36 Å². The average molecular weight is 463 g/mol. The molecule has 1 aromatic carbocycles. The van der Waals surface area contributed by atoms with E-state index in [1.807, 2.05) is 30.3 Å². The zero-order valence-electron chi connectivity index (χ0n) is 17.6. The Bertz CT molecular complexity index is 1530. The van der Waals surface area contributed by atoms with E-state index in [9.17, 15) is 4.79 Å². The van der Waals surface area contributed by atoms with Crippen LogP contribution in [0.5, 0.6) is 0 Å². The predicted octanol–water partition coefficient (Wildman–Crippen LogP) is 2.77. The molecular weight excluding hydrogens is 444 g/mol. The summed E-state index contributed by atoms with van der Waals surface area (Å²) in [6.07, 6.45) is 5.32. The molecule has 1 N–H and O–H groups in total. The number of fused-ring (bicyclic) bond motifs is 2. The van der Waals surface area contributed by atoms with E-state index >= 15 is 0 Å². The van der Waals surface area contributed by atoms with E-state index in [1.54, 1.807) is 34.8 Å². The summed E-state index contributed by atoms with van der Waals surface area (Å²) in [5, 5.41) is 5.21. The molecule has 4 aromatic heterocycles. The monoisotopic (exact) mass is 462 g/mol. The molecule has 0 saturated carbocycles. The van der Waals surface area contributed by atoms with Crippen molar-refractivity contribution in [3.8, 4) is 5.69 Å². The molecule has 11 heteroatoms. The van der Waals surface area contributed by atoms with Gasteiger partial charge in [-0.2, -0.15) is 5.10 Å². The van der Waals surface area contributed by atoms with E-state index in [0.29, 0.717) is 52.0 Å². The summed E-state index contributed by atoms with van der Waals surface area (Å²) < 4.78 is 8.89. The Labute approximate surface area is 192 Å². The van der Waals surface area contributed by atoms with Crippen LogP contribution >= 0.6 is 11.6 Å². The van der Waals surface area contributed by atoms with Gasteiger partial charge in [0.2, 0.25) is 0 Å². The summed E-state index contributed by atoms with van der Waals surface area (Å²) >= 11 is 6.34. The van der Waals surface area contributed by atoms with E-state index in [2.05, 4.69) is 24.8 Å². The molecule has 10 nitrogen and oxygen atoms in total. The van der Waals surface area contributed by atoms with Crippen molar-refractivity contribution in [2.24, 2.45) is 0 Å². The number of nitrogens with zero attached hydrogens (tertiary/aromatic N) is 7. The largest absolute Gasteiger partial charge is 0.380 e. The van der Waals surface area contributed by atoms with Gasteiger partial charge in [-0.05, 0) is 18.2 Å². The van der Waals surface area contributed by atoms with Crippen molar-refractivity contribution in [2.75, 3.05) is 18.6 Å². The standard InChI is InChI=1S/C22H19ClN8O2/c1-33-14-9-16(29(10-14)21-17-19(25-11-24-17)26-12-27-21)20-28-30-8-7-15(23)18(30)22(32)31(20)13-5-3-2-4-6-13/h2-8,11-12,14,16H,9-10H2,1H3,(H,24,25,26,27). The highest BCUT2D eigenvalue weighted by Crippen LogP contribution is 2.38. The second kappa shape index (κ2) is 7.68. The zero-order valence-corrected chi connectivity index (χ0v) is 18.3. The lowest BCUT2D eigenvalue weighted by Gasteiger charge is -2.27. The quantitative estimate of drug-likeness (QED) is 0.437. The maximum absolute atomic E-state index is 13.7. The lowest BCUT2D eigenvalue weighted by atomic mass is 10.1. The van der Waals surface area contributed by atoms with Crippen LogP contribution < -0.4 is 10.5 Å². The summed E-state index contributed by atoms with van der Waals surface area (Å²) in [6, 6.07) is 10.8. The molecule has 2 atom stereocenters. The Morgan fingerprint density at radius 3 is 2.82 bits per heavy atom. The summed E-state index contributed by atoms with van der Waals surface area (Å²) in [4.78, 5) is 32.0. The molecule has 0 aliphatic carbocycles. The molecule has 5 heterocycles. The van der Waals surface area contributed by atoms with Gasteiger partial charge in [0.1, 0.15) is 17.4 Å². The van der Waals surface area contributed by atoms with Gasteiger partial charge in [-0.1, -0.05) is 29.8 Å². The van der Waals surface area contributed by atoms with Gasteiger partial charge in [0, 0.05) is 26.3 Å². The third-order valence-electron chi connectivity index (χ3n) is 6.04. The van der Waals surface area contributed by atoms with Gasteiger partial charge >= 0.3 is 0 Å². The number of rotatable bonds is 4. The second-order valence-corrected chi connectivity index (χ2v) is 8.26. The predicted molar refractivity (Wildman–Crippen MR) is 123 cm³/mol. The van der Waals surface area contributed by atoms with Gasteiger partial charge in [0.05, 0.1) is 29.2 Å². The first-order valence-electron chi connectivity index (χ1n) is 10.4. The second-order valence-electron chi connectivity index (χ2n) is 7.85. The molecule has 1 aliphatic rings. The highest BCUT2D eigenvalue weighted by atomic mass is 35.5. The fourth-order valence-corrected chi connectivity index (χ4v) is 4.72. The Balaban J connectivity index is 1.61. The summed E-state index contributed by atoms with van der Waals surface area (Å²) in [5.74, 6) is 1.22. The van der Waals surface area contributed by atoms with Crippen LogP contribution in [0.2, 0.25) is 5.02 Å². The third-order valence-corrected chi connectivity index (χ3v) is 6.35. The van der Waals surface area contributed by atoms with Crippen molar-refractivity contribution in [1.29, 1.82) is 0 Å². The van der Waals surface area contributed by atoms with Gasteiger partial charge in [0.15, 0.2) is 17.3 Å². The highest BCUT2D eigenvalue weighted by molar-refractivity contribution is 6.33. The Hall–Kier alpha value is -3.76. The topological polar surface area (TPSA) is 106 Å². The fourth-order valence-electron chi connectivity index (χ4n) is 4.50. The Kier molecular flexibility index (Phi) is 4.63. The highest BCUT2D eigenvalue weighted by Gasteiger charge is 2.39. The van der Waals surface area contributed by atoms with Crippen LogP contribution in [-0.2, 0) is 4.74 Å². The number of para-hydroxylation sites is 1. The van der Waals surface area contributed by atoms with Crippen molar-refractivity contribution < 1.29 is 4.74 Å². The number of hydrogen-bond acceptors (Lipinski definition) is 7. The average Bonchev–Trinajstić information content (AvgIpc) is 3.57. The molecule has 2 unspecified atom stereocenters. The molecule has 0 bridgehead atoms.